The minimum Gasteiger partial charge on any atom is -0.362 e. The Morgan fingerprint density at radius 3 is 2.67 bits per heavy atom. The summed E-state index contributed by atoms with van der Waals surface area (Å²) in [6, 6.07) is -0.439. The van der Waals surface area contributed by atoms with Crippen LogP contribution < -0.4 is 11.0 Å². The van der Waals surface area contributed by atoms with Crippen LogP contribution in [-0.2, 0) is 14.4 Å². The molecule has 5 nitrogen and oxygen atoms in total. The predicted octanol–water partition coefficient (Wildman–Crippen LogP) is 0.507. The Labute approximate surface area is 91.4 Å². The summed E-state index contributed by atoms with van der Waals surface area (Å²) < 4.78 is 5.02. The lowest BCUT2D eigenvalue weighted by Crippen LogP contribution is -2.44. The van der Waals surface area contributed by atoms with Gasteiger partial charge in [0.2, 0.25) is 0 Å². The molecule has 0 saturated heterocycles. The van der Waals surface area contributed by atoms with Crippen LogP contribution in [-0.4, -0.2) is 26.5 Å². The lowest BCUT2D eigenvalue weighted by molar-refractivity contribution is -0.135. The van der Waals surface area contributed by atoms with Crippen molar-refractivity contribution in [1.29, 1.82) is 0 Å². The molecule has 15 heavy (non-hydrogen) atoms. The van der Waals surface area contributed by atoms with Crippen LogP contribution >= 0.6 is 0 Å². The molecule has 0 saturated carbocycles. The number of hydroxylamine groups is 2. The van der Waals surface area contributed by atoms with E-state index in [2.05, 4.69) is 22.4 Å². The number of carbonyl (C=O) groups excluding carboxylic acids is 1. The zero-order valence-electron chi connectivity index (χ0n) is 9.50. The third-order valence-electron chi connectivity index (χ3n) is 1.82. The molecule has 2 N–H and O–H groups in total. The highest BCUT2D eigenvalue weighted by Crippen LogP contribution is 1.95. The van der Waals surface area contributed by atoms with Gasteiger partial charge in [0.1, 0.15) is 6.04 Å². The molecule has 1 atom stereocenters. The van der Waals surface area contributed by atoms with Gasteiger partial charge in [0.15, 0.2) is 0 Å². The molecule has 1 radical (unpaired) electrons. The highest BCUT2D eigenvalue weighted by molar-refractivity contribution is 6.37. The first kappa shape index (κ1) is 14.2. The van der Waals surface area contributed by atoms with E-state index in [-0.39, 0.29) is 5.91 Å². The third-order valence-corrected chi connectivity index (χ3v) is 1.82. The Hall–Kier alpha value is -0.845. The minimum atomic E-state index is -0.439. The van der Waals surface area contributed by atoms with Gasteiger partial charge in [-0.1, -0.05) is 19.3 Å². The van der Waals surface area contributed by atoms with Crippen LogP contribution in [0.4, 0.5) is 0 Å². The van der Waals surface area contributed by atoms with Crippen molar-refractivity contribution in [3.63, 3.8) is 0 Å². The number of nitrogens with one attached hydrogen (secondary N) is 2. The molecule has 0 aliphatic carbocycles. The van der Waals surface area contributed by atoms with E-state index >= 15 is 0 Å². The standard InChI is InChI=1S/C9H18BN2O3/c1-5-7(3)10-15-11-8(6-2)9(13)12-14-4/h8,11H,3,5-6H2,1-2,4H3,(H,12,13)/t8-/m0/s1. The second-order valence-electron chi connectivity index (χ2n) is 3.00. The van der Waals surface area contributed by atoms with Gasteiger partial charge in [-0.3, -0.25) is 9.63 Å². The molecule has 0 aromatic rings. The van der Waals surface area contributed by atoms with Crippen molar-refractivity contribution in [2.75, 3.05) is 7.11 Å². The average molecular weight is 213 g/mol. The number of hydrogen-bond donors (Lipinski definition) is 2. The van der Waals surface area contributed by atoms with E-state index in [4.69, 9.17) is 4.76 Å². The molecule has 6 heteroatoms. The number of rotatable bonds is 8. The monoisotopic (exact) mass is 213 g/mol. The molecule has 0 rings (SSSR count). The Bertz CT molecular complexity index is 212. The summed E-state index contributed by atoms with van der Waals surface area (Å²) in [6.45, 7) is 7.57. The largest absolute Gasteiger partial charge is 0.362 e. The Balaban J connectivity index is 3.79. The molecule has 0 aromatic heterocycles. The van der Waals surface area contributed by atoms with Crippen molar-refractivity contribution in [2.45, 2.75) is 32.7 Å². The van der Waals surface area contributed by atoms with Gasteiger partial charge in [-0.2, -0.15) is 0 Å². The number of carbonyl (C=O) groups is 1. The van der Waals surface area contributed by atoms with Gasteiger partial charge in [-0.05, 0) is 12.8 Å². The van der Waals surface area contributed by atoms with Gasteiger partial charge in [-0.15, -0.1) is 6.58 Å². The highest BCUT2D eigenvalue weighted by Gasteiger charge is 2.15. The van der Waals surface area contributed by atoms with Crippen LogP contribution in [0.3, 0.4) is 0 Å². The zero-order chi connectivity index (χ0) is 11.7. The minimum absolute atomic E-state index is 0.268. The average Bonchev–Trinajstić information content (AvgIpc) is 2.24. The van der Waals surface area contributed by atoms with Gasteiger partial charge in [-0.25, -0.2) is 11.0 Å². The smallest absolute Gasteiger partial charge is 0.356 e. The summed E-state index contributed by atoms with van der Waals surface area (Å²) in [5.74, 6) is -0.268. The normalized spacial score (nSPS) is 11.9. The van der Waals surface area contributed by atoms with E-state index in [1.54, 1.807) is 0 Å². The SMILES string of the molecule is C=C([B]ON[C@@H](CC)C(=O)NOC)CC. The van der Waals surface area contributed by atoms with E-state index in [9.17, 15) is 4.79 Å². The fourth-order valence-electron chi connectivity index (χ4n) is 0.777. The third kappa shape index (κ3) is 6.27. The lowest BCUT2D eigenvalue weighted by atomic mass is 9.87. The van der Waals surface area contributed by atoms with E-state index in [1.165, 1.54) is 14.6 Å². The molecule has 0 aliphatic rings. The number of allylic oxidation sites excluding steroid dienone is 1. The fourth-order valence-corrected chi connectivity index (χ4v) is 0.777. The van der Waals surface area contributed by atoms with Crippen LogP contribution in [0.25, 0.3) is 0 Å². The van der Waals surface area contributed by atoms with Crippen molar-refractivity contribution in [2.24, 2.45) is 0 Å². The van der Waals surface area contributed by atoms with Gasteiger partial charge < -0.3 is 4.76 Å². The first-order valence-electron chi connectivity index (χ1n) is 4.90. The van der Waals surface area contributed by atoms with Crippen molar-refractivity contribution in [3.8, 4) is 0 Å². The van der Waals surface area contributed by atoms with Crippen LogP contribution in [0.2, 0.25) is 0 Å². The second kappa shape index (κ2) is 8.46. The Morgan fingerprint density at radius 2 is 2.20 bits per heavy atom. The summed E-state index contributed by atoms with van der Waals surface area (Å²) in [6.07, 6.45) is 1.41. The van der Waals surface area contributed by atoms with Crippen molar-refractivity contribution >= 4 is 13.4 Å². The first-order valence-corrected chi connectivity index (χ1v) is 4.90. The van der Waals surface area contributed by atoms with Gasteiger partial charge in [0.05, 0.1) is 7.11 Å². The molecule has 0 fully saturated rings. The van der Waals surface area contributed by atoms with E-state index in [0.717, 1.165) is 11.9 Å². The van der Waals surface area contributed by atoms with Gasteiger partial charge in [0.25, 0.3) is 5.91 Å². The van der Waals surface area contributed by atoms with E-state index in [0.29, 0.717) is 6.42 Å². The maximum Gasteiger partial charge on any atom is 0.356 e. The molecule has 0 spiro atoms. The van der Waals surface area contributed by atoms with Crippen LogP contribution in [0.5, 0.6) is 0 Å². The molecular formula is C9H18BN2O3. The van der Waals surface area contributed by atoms with Crippen molar-refractivity contribution in [3.05, 3.63) is 12.1 Å². The predicted molar refractivity (Wildman–Crippen MR) is 58.6 cm³/mol. The summed E-state index contributed by atoms with van der Waals surface area (Å²) in [7, 11) is 2.87. The second-order valence-corrected chi connectivity index (χ2v) is 3.00. The highest BCUT2D eigenvalue weighted by atomic mass is 16.6. The molecule has 0 heterocycles. The van der Waals surface area contributed by atoms with E-state index in [1.807, 2.05) is 13.8 Å². The molecule has 85 valence electrons. The maximum atomic E-state index is 11.3. The van der Waals surface area contributed by atoms with Crippen LogP contribution in [0, 0.1) is 0 Å². The number of amides is 1. The lowest BCUT2D eigenvalue weighted by Gasteiger charge is -2.15. The van der Waals surface area contributed by atoms with Gasteiger partial charge >= 0.3 is 7.48 Å². The summed E-state index contributed by atoms with van der Waals surface area (Å²) in [5, 5.41) is 0. The zero-order valence-corrected chi connectivity index (χ0v) is 9.50. The molecule has 0 unspecified atom stereocenters. The Morgan fingerprint density at radius 1 is 1.53 bits per heavy atom. The topological polar surface area (TPSA) is 59.6 Å². The molecule has 0 aromatic carbocycles. The van der Waals surface area contributed by atoms with Gasteiger partial charge in [0, 0.05) is 0 Å². The summed E-state index contributed by atoms with van der Waals surface area (Å²) >= 11 is 0. The maximum absolute atomic E-state index is 11.3. The van der Waals surface area contributed by atoms with E-state index < -0.39 is 6.04 Å². The molecular weight excluding hydrogens is 195 g/mol. The van der Waals surface area contributed by atoms with Crippen LogP contribution in [0.15, 0.2) is 12.1 Å². The van der Waals surface area contributed by atoms with Crippen LogP contribution in [0.1, 0.15) is 26.7 Å². The van der Waals surface area contributed by atoms with Crippen molar-refractivity contribution < 1.29 is 14.4 Å². The molecule has 1 amide bonds. The first-order chi connectivity index (χ1) is 7.15. The quantitative estimate of drug-likeness (QED) is 0.455. The summed E-state index contributed by atoms with van der Waals surface area (Å²) in [4.78, 5) is 15.8. The molecule has 0 aliphatic heterocycles. The van der Waals surface area contributed by atoms with Crippen molar-refractivity contribution in [1.82, 2.24) is 11.0 Å². The number of hydrogen-bond acceptors (Lipinski definition) is 4. The summed E-state index contributed by atoms with van der Waals surface area (Å²) in [5.41, 5.74) is 5.69. The Kier molecular flexibility index (Phi) is 7.99. The molecule has 0 bridgehead atoms. The fraction of sp³-hybridized carbons (Fsp3) is 0.667.